The van der Waals surface area contributed by atoms with Crippen molar-refractivity contribution < 1.29 is 14.5 Å². The summed E-state index contributed by atoms with van der Waals surface area (Å²) in [4.78, 5) is 38.4. The van der Waals surface area contributed by atoms with Crippen molar-refractivity contribution in [2.24, 2.45) is 0 Å². The van der Waals surface area contributed by atoms with Crippen molar-refractivity contribution in [3.05, 3.63) is 121 Å². The number of nitro groups is 1. The number of halogens is 2. The number of benzene rings is 3. The number of fused-ring (bicyclic) bond motifs is 1. The first kappa shape index (κ1) is 27.7. The molecular formula is C29H20Cl2N6O4S. The molecule has 1 fully saturated rings. The van der Waals surface area contributed by atoms with E-state index in [9.17, 15) is 19.7 Å². The number of para-hydroxylation sites is 1. The van der Waals surface area contributed by atoms with E-state index in [1.165, 1.54) is 15.6 Å². The van der Waals surface area contributed by atoms with Gasteiger partial charge in [-0.25, -0.2) is 4.68 Å². The Hall–Kier alpha value is -4.45. The zero-order chi connectivity index (χ0) is 29.5. The number of nitro benzene ring substituents is 1. The maximum Gasteiger partial charge on any atom is 0.293 e. The fraction of sp³-hybridized carbons (Fsp3) is 0.103. The second-order valence-corrected chi connectivity index (χ2v) is 11.4. The van der Waals surface area contributed by atoms with Gasteiger partial charge in [-0.3, -0.25) is 24.6 Å². The fourth-order valence-corrected chi connectivity index (χ4v) is 6.14. The van der Waals surface area contributed by atoms with E-state index >= 15 is 0 Å². The Morgan fingerprint density at radius 3 is 2.62 bits per heavy atom. The van der Waals surface area contributed by atoms with E-state index in [1.807, 2.05) is 35.0 Å². The molecule has 2 amide bonds. The van der Waals surface area contributed by atoms with Gasteiger partial charge in [0.15, 0.2) is 0 Å². The molecule has 1 aliphatic heterocycles. The van der Waals surface area contributed by atoms with E-state index in [-0.39, 0.29) is 17.5 Å². The number of thioether (sulfide) groups is 1. The normalized spacial score (nSPS) is 14.5. The molecule has 0 atom stereocenters. The average Bonchev–Trinajstić information content (AvgIpc) is 3.63. The molecule has 0 bridgehead atoms. The van der Waals surface area contributed by atoms with Gasteiger partial charge in [0.2, 0.25) is 0 Å². The first-order chi connectivity index (χ1) is 20.2. The predicted molar refractivity (Wildman–Crippen MR) is 162 cm³/mol. The molecule has 0 unspecified atom stereocenters. The van der Waals surface area contributed by atoms with Gasteiger partial charge >= 0.3 is 0 Å². The van der Waals surface area contributed by atoms with Gasteiger partial charge in [-0.15, -0.1) is 5.10 Å². The van der Waals surface area contributed by atoms with Gasteiger partial charge in [0, 0.05) is 38.8 Å². The van der Waals surface area contributed by atoms with Crippen molar-refractivity contribution in [1.29, 1.82) is 0 Å². The first-order valence-corrected chi connectivity index (χ1v) is 14.2. The Morgan fingerprint density at radius 2 is 1.83 bits per heavy atom. The van der Waals surface area contributed by atoms with Gasteiger partial charge in [-0.2, -0.15) is 0 Å². The summed E-state index contributed by atoms with van der Waals surface area (Å²) in [5.74, 6) is -0.400. The third-order valence-corrected chi connectivity index (χ3v) is 8.41. The van der Waals surface area contributed by atoms with Crippen molar-refractivity contribution in [3.8, 4) is 5.69 Å². The maximum absolute atomic E-state index is 13.2. The van der Waals surface area contributed by atoms with Crippen molar-refractivity contribution in [2.45, 2.75) is 20.0 Å². The maximum atomic E-state index is 13.2. The summed E-state index contributed by atoms with van der Waals surface area (Å²) in [7, 11) is 0. The van der Waals surface area contributed by atoms with Gasteiger partial charge < -0.3 is 4.57 Å². The summed E-state index contributed by atoms with van der Waals surface area (Å²) in [6.45, 7) is 2.07. The van der Waals surface area contributed by atoms with E-state index in [1.54, 1.807) is 49.5 Å². The Morgan fingerprint density at radius 1 is 1.02 bits per heavy atom. The number of rotatable bonds is 7. The zero-order valence-electron chi connectivity index (χ0n) is 21.9. The minimum absolute atomic E-state index is 0.00581. The summed E-state index contributed by atoms with van der Waals surface area (Å²) >= 11 is 13.1. The minimum Gasteiger partial charge on any atom is -0.341 e. The molecule has 210 valence electrons. The van der Waals surface area contributed by atoms with Crippen molar-refractivity contribution in [3.63, 3.8) is 0 Å². The van der Waals surface area contributed by atoms with E-state index in [0.29, 0.717) is 44.0 Å². The molecule has 1 saturated heterocycles. The van der Waals surface area contributed by atoms with Crippen LogP contribution in [-0.2, 0) is 17.9 Å². The molecule has 0 radical (unpaired) electrons. The van der Waals surface area contributed by atoms with Crippen LogP contribution in [0, 0.1) is 17.0 Å². The Labute approximate surface area is 253 Å². The Bertz CT molecular complexity index is 1950. The fourth-order valence-electron chi connectivity index (χ4n) is 4.84. The molecule has 6 rings (SSSR count). The highest BCUT2D eigenvalue weighted by atomic mass is 35.5. The SMILES string of the molecule is Cc1c(-n2cc(Cn3cc(/C=C4\SC(=O)N(Cc5ccc(Cl)cc5Cl)C4=O)c4ccccc43)nn2)cccc1[N+](=O)[O-]. The van der Waals surface area contributed by atoms with Gasteiger partial charge in [-0.1, -0.05) is 58.7 Å². The molecule has 10 nitrogen and oxygen atoms in total. The van der Waals surface area contributed by atoms with Crippen LogP contribution in [0.15, 0.2) is 78.0 Å². The lowest BCUT2D eigenvalue weighted by atomic mass is 10.1. The summed E-state index contributed by atoms with van der Waals surface area (Å²) in [6.07, 6.45) is 5.34. The highest BCUT2D eigenvalue weighted by Gasteiger charge is 2.35. The van der Waals surface area contributed by atoms with Crippen LogP contribution < -0.4 is 0 Å². The predicted octanol–water partition coefficient (Wildman–Crippen LogP) is 7.03. The van der Waals surface area contributed by atoms with Crippen LogP contribution in [0.3, 0.4) is 0 Å². The largest absolute Gasteiger partial charge is 0.341 e. The van der Waals surface area contributed by atoms with Crippen molar-refractivity contribution in [2.75, 3.05) is 0 Å². The van der Waals surface area contributed by atoms with Crippen molar-refractivity contribution >= 4 is 68.8 Å². The van der Waals surface area contributed by atoms with Crippen LogP contribution in [0.2, 0.25) is 10.0 Å². The highest BCUT2D eigenvalue weighted by molar-refractivity contribution is 8.18. The summed E-state index contributed by atoms with van der Waals surface area (Å²) in [6, 6.07) is 17.5. The third kappa shape index (κ3) is 5.18. The molecule has 5 aromatic rings. The van der Waals surface area contributed by atoms with E-state index < -0.39 is 10.8 Å². The lowest BCUT2D eigenvalue weighted by Gasteiger charge is -2.13. The van der Waals surface area contributed by atoms with E-state index in [2.05, 4.69) is 10.3 Å². The molecule has 0 saturated carbocycles. The zero-order valence-corrected chi connectivity index (χ0v) is 24.2. The average molecular weight is 619 g/mol. The first-order valence-electron chi connectivity index (χ1n) is 12.6. The second kappa shape index (κ2) is 11.1. The van der Waals surface area contributed by atoms with E-state index in [4.69, 9.17) is 23.2 Å². The monoisotopic (exact) mass is 618 g/mol. The lowest BCUT2D eigenvalue weighted by Crippen LogP contribution is -2.27. The van der Waals surface area contributed by atoms with Crippen LogP contribution in [0.25, 0.3) is 22.7 Å². The van der Waals surface area contributed by atoms with Gasteiger partial charge in [0.05, 0.1) is 40.4 Å². The lowest BCUT2D eigenvalue weighted by molar-refractivity contribution is -0.385. The Balaban J connectivity index is 1.28. The molecule has 0 aliphatic carbocycles. The molecular weight excluding hydrogens is 599 g/mol. The molecule has 3 aromatic carbocycles. The van der Waals surface area contributed by atoms with Crippen LogP contribution >= 0.6 is 35.0 Å². The highest BCUT2D eigenvalue weighted by Crippen LogP contribution is 2.36. The number of amides is 2. The van der Waals surface area contributed by atoms with Crippen LogP contribution in [-0.4, -0.2) is 40.5 Å². The quantitative estimate of drug-likeness (QED) is 0.109. The van der Waals surface area contributed by atoms with Crippen LogP contribution in [0.5, 0.6) is 0 Å². The van der Waals surface area contributed by atoms with Gasteiger partial charge in [-0.05, 0) is 54.6 Å². The number of carbonyl (C=O) groups is 2. The molecule has 0 N–H and O–H groups in total. The molecule has 13 heteroatoms. The van der Waals surface area contributed by atoms with Gasteiger partial charge in [0.1, 0.15) is 5.69 Å². The van der Waals surface area contributed by atoms with E-state index in [0.717, 1.165) is 28.2 Å². The third-order valence-electron chi connectivity index (χ3n) is 6.92. The van der Waals surface area contributed by atoms with Crippen LogP contribution in [0.4, 0.5) is 10.5 Å². The summed E-state index contributed by atoms with van der Waals surface area (Å²) < 4.78 is 3.50. The number of imide groups is 1. The summed E-state index contributed by atoms with van der Waals surface area (Å²) in [5.41, 5.74) is 3.98. The minimum atomic E-state index is -0.425. The second-order valence-electron chi connectivity index (χ2n) is 9.57. The number of hydrogen-bond donors (Lipinski definition) is 0. The summed E-state index contributed by atoms with van der Waals surface area (Å²) in [5, 5.41) is 21.2. The van der Waals surface area contributed by atoms with Crippen molar-refractivity contribution in [1.82, 2.24) is 24.5 Å². The number of carbonyl (C=O) groups excluding carboxylic acids is 2. The van der Waals surface area contributed by atoms with Gasteiger partial charge in [0.25, 0.3) is 16.8 Å². The number of hydrogen-bond acceptors (Lipinski definition) is 7. The smallest absolute Gasteiger partial charge is 0.293 e. The number of aromatic nitrogens is 4. The van der Waals surface area contributed by atoms with Crippen LogP contribution in [0.1, 0.15) is 22.4 Å². The molecule has 42 heavy (non-hydrogen) atoms. The molecule has 1 aliphatic rings. The standard InChI is InChI=1S/C29H20Cl2N6O4S/c1-17-24(7-4-8-25(17)37(40)41)36-16-21(32-33-36)15-34-13-19(22-5-2-3-6-26(22)34)11-27-28(38)35(29(39)42-27)14-18-9-10-20(30)12-23(18)31/h2-13,16H,14-15H2,1H3/b27-11-. The number of nitrogens with zero attached hydrogens (tertiary/aromatic N) is 6. The molecule has 0 spiro atoms. The molecule has 3 heterocycles. The molecule has 2 aromatic heterocycles. The topological polar surface area (TPSA) is 116 Å². The Kier molecular flexibility index (Phi) is 7.31.